The monoisotopic (exact) mass is 292 g/mol. The number of rotatable bonds is 5. The Hall–Kier alpha value is -1.20. The standard InChI is InChI=1S/C15H24N4S/c1-7-16-14-13-10(4)11(5)20-15(13)18-12(17-14)8-19(6)9(2)3/h9H,7-8H2,1-6H3,(H,16,17,18). The Bertz CT molecular complexity index is 603. The van der Waals surface area contributed by atoms with Crippen LogP contribution in [0.25, 0.3) is 10.2 Å². The summed E-state index contributed by atoms with van der Waals surface area (Å²) in [7, 11) is 2.11. The summed E-state index contributed by atoms with van der Waals surface area (Å²) in [6, 6.07) is 0.490. The molecule has 0 spiro atoms. The highest BCUT2D eigenvalue weighted by atomic mass is 32.1. The van der Waals surface area contributed by atoms with E-state index >= 15 is 0 Å². The topological polar surface area (TPSA) is 41.1 Å². The van der Waals surface area contributed by atoms with Gasteiger partial charge in [0, 0.05) is 17.5 Å². The van der Waals surface area contributed by atoms with Crippen LogP contribution in [0.1, 0.15) is 37.0 Å². The van der Waals surface area contributed by atoms with Crippen LogP contribution in [0.2, 0.25) is 0 Å². The molecule has 110 valence electrons. The van der Waals surface area contributed by atoms with Gasteiger partial charge >= 0.3 is 0 Å². The molecule has 0 fully saturated rings. The maximum Gasteiger partial charge on any atom is 0.146 e. The molecule has 0 radical (unpaired) electrons. The van der Waals surface area contributed by atoms with Crippen molar-refractivity contribution >= 4 is 27.4 Å². The number of anilines is 1. The van der Waals surface area contributed by atoms with E-state index in [0.717, 1.165) is 29.6 Å². The third-order valence-corrected chi connectivity index (χ3v) is 4.79. The van der Waals surface area contributed by atoms with Gasteiger partial charge in [-0.3, -0.25) is 4.90 Å². The Morgan fingerprint density at radius 1 is 1.25 bits per heavy atom. The molecule has 5 heteroatoms. The van der Waals surface area contributed by atoms with Crippen LogP contribution in [-0.2, 0) is 6.54 Å². The van der Waals surface area contributed by atoms with Gasteiger partial charge in [0.25, 0.3) is 0 Å². The Kier molecular flexibility index (Phi) is 4.60. The molecule has 0 aliphatic rings. The molecule has 0 bridgehead atoms. The molecular weight excluding hydrogens is 268 g/mol. The number of thiophene rings is 1. The minimum Gasteiger partial charge on any atom is -0.370 e. The number of hydrogen-bond acceptors (Lipinski definition) is 5. The minimum absolute atomic E-state index is 0.490. The first-order valence-corrected chi connectivity index (χ1v) is 7.96. The van der Waals surface area contributed by atoms with Crippen LogP contribution in [0.4, 0.5) is 5.82 Å². The fourth-order valence-electron chi connectivity index (χ4n) is 2.07. The molecule has 4 nitrogen and oxygen atoms in total. The van der Waals surface area contributed by atoms with Crippen molar-refractivity contribution in [3.05, 3.63) is 16.3 Å². The van der Waals surface area contributed by atoms with Crippen LogP contribution in [0, 0.1) is 13.8 Å². The van der Waals surface area contributed by atoms with Crippen molar-refractivity contribution < 1.29 is 0 Å². The summed E-state index contributed by atoms with van der Waals surface area (Å²) in [4.78, 5) is 14.1. The van der Waals surface area contributed by atoms with Gasteiger partial charge in [-0.15, -0.1) is 11.3 Å². The van der Waals surface area contributed by atoms with Gasteiger partial charge in [0.15, 0.2) is 0 Å². The second-order valence-corrected chi connectivity index (χ2v) is 6.69. The summed E-state index contributed by atoms with van der Waals surface area (Å²) in [6.45, 7) is 12.4. The lowest BCUT2D eigenvalue weighted by Crippen LogP contribution is -2.26. The van der Waals surface area contributed by atoms with Crippen molar-refractivity contribution in [3.8, 4) is 0 Å². The summed E-state index contributed by atoms with van der Waals surface area (Å²) < 4.78 is 0. The van der Waals surface area contributed by atoms with E-state index in [0.29, 0.717) is 6.04 Å². The lowest BCUT2D eigenvalue weighted by molar-refractivity contribution is 0.259. The van der Waals surface area contributed by atoms with E-state index in [1.807, 2.05) is 0 Å². The van der Waals surface area contributed by atoms with Crippen molar-refractivity contribution in [2.24, 2.45) is 0 Å². The lowest BCUT2D eigenvalue weighted by Gasteiger charge is -2.20. The Morgan fingerprint density at radius 3 is 2.55 bits per heavy atom. The van der Waals surface area contributed by atoms with Gasteiger partial charge in [0.05, 0.1) is 11.9 Å². The molecule has 0 atom stereocenters. The number of aryl methyl sites for hydroxylation is 2. The average Bonchev–Trinajstić information content (AvgIpc) is 2.65. The first-order chi connectivity index (χ1) is 9.43. The largest absolute Gasteiger partial charge is 0.370 e. The second-order valence-electron chi connectivity index (χ2n) is 5.49. The molecule has 0 saturated heterocycles. The fraction of sp³-hybridized carbons (Fsp3) is 0.600. The smallest absolute Gasteiger partial charge is 0.146 e. The molecule has 1 N–H and O–H groups in total. The molecule has 0 aliphatic carbocycles. The summed E-state index contributed by atoms with van der Waals surface area (Å²) in [5.74, 6) is 1.87. The van der Waals surface area contributed by atoms with E-state index in [-0.39, 0.29) is 0 Å². The molecule has 2 heterocycles. The van der Waals surface area contributed by atoms with E-state index in [1.54, 1.807) is 11.3 Å². The molecule has 0 aromatic carbocycles. The van der Waals surface area contributed by atoms with Crippen molar-refractivity contribution in [1.29, 1.82) is 0 Å². The highest BCUT2D eigenvalue weighted by Gasteiger charge is 2.15. The highest BCUT2D eigenvalue weighted by molar-refractivity contribution is 7.18. The summed E-state index contributed by atoms with van der Waals surface area (Å²) in [5.41, 5.74) is 1.30. The molecule has 0 aliphatic heterocycles. The van der Waals surface area contributed by atoms with Crippen LogP contribution in [-0.4, -0.2) is 34.5 Å². The van der Waals surface area contributed by atoms with Crippen molar-refractivity contribution in [1.82, 2.24) is 14.9 Å². The van der Waals surface area contributed by atoms with Gasteiger partial charge in [-0.25, -0.2) is 9.97 Å². The van der Waals surface area contributed by atoms with Crippen LogP contribution in [0.15, 0.2) is 0 Å². The summed E-state index contributed by atoms with van der Waals surface area (Å²) in [6.07, 6.45) is 0. The molecule has 0 amide bonds. The summed E-state index contributed by atoms with van der Waals surface area (Å²) >= 11 is 1.76. The zero-order valence-electron chi connectivity index (χ0n) is 13.2. The molecule has 0 unspecified atom stereocenters. The highest BCUT2D eigenvalue weighted by Crippen LogP contribution is 2.33. The fourth-order valence-corrected chi connectivity index (χ4v) is 3.11. The third kappa shape index (κ3) is 2.94. The zero-order valence-corrected chi connectivity index (χ0v) is 14.1. The Labute approximate surface area is 125 Å². The van der Waals surface area contributed by atoms with Crippen LogP contribution in [0.5, 0.6) is 0 Å². The van der Waals surface area contributed by atoms with Crippen molar-refractivity contribution in [2.45, 2.75) is 47.2 Å². The summed E-state index contributed by atoms with van der Waals surface area (Å²) in [5, 5.41) is 4.57. The number of hydrogen-bond donors (Lipinski definition) is 1. The number of fused-ring (bicyclic) bond motifs is 1. The molecule has 20 heavy (non-hydrogen) atoms. The first-order valence-electron chi connectivity index (χ1n) is 7.14. The second kappa shape index (κ2) is 6.06. The van der Waals surface area contributed by atoms with Gasteiger partial charge in [-0.05, 0) is 47.2 Å². The van der Waals surface area contributed by atoms with E-state index in [9.17, 15) is 0 Å². The molecule has 2 aromatic heterocycles. The average molecular weight is 292 g/mol. The van der Waals surface area contributed by atoms with Gasteiger partial charge in [-0.1, -0.05) is 0 Å². The van der Waals surface area contributed by atoms with Crippen LogP contribution >= 0.6 is 11.3 Å². The minimum atomic E-state index is 0.490. The normalized spacial score (nSPS) is 11.8. The number of nitrogens with zero attached hydrogens (tertiary/aromatic N) is 3. The maximum atomic E-state index is 4.75. The maximum absolute atomic E-state index is 4.75. The van der Waals surface area contributed by atoms with E-state index < -0.39 is 0 Å². The number of aromatic nitrogens is 2. The Morgan fingerprint density at radius 2 is 1.95 bits per heavy atom. The van der Waals surface area contributed by atoms with Crippen LogP contribution < -0.4 is 5.32 Å². The first kappa shape index (κ1) is 15.2. The SMILES string of the molecule is CCNc1nc(CN(C)C(C)C)nc2sc(C)c(C)c12. The van der Waals surface area contributed by atoms with Crippen LogP contribution in [0.3, 0.4) is 0 Å². The Balaban J connectivity index is 2.48. The van der Waals surface area contributed by atoms with Crippen molar-refractivity contribution in [3.63, 3.8) is 0 Å². The van der Waals surface area contributed by atoms with E-state index in [1.165, 1.54) is 15.8 Å². The van der Waals surface area contributed by atoms with Gasteiger partial charge in [0.2, 0.25) is 0 Å². The predicted molar refractivity (Wildman–Crippen MR) is 87.7 cm³/mol. The molecule has 0 saturated carbocycles. The third-order valence-electron chi connectivity index (χ3n) is 3.69. The number of nitrogens with one attached hydrogen (secondary N) is 1. The van der Waals surface area contributed by atoms with E-state index in [4.69, 9.17) is 9.97 Å². The van der Waals surface area contributed by atoms with Gasteiger partial charge < -0.3 is 5.32 Å². The molecule has 2 aromatic rings. The predicted octanol–water partition coefficient (Wildman–Crippen LogP) is 3.58. The van der Waals surface area contributed by atoms with Gasteiger partial charge in [0.1, 0.15) is 16.5 Å². The lowest BCUT2D eigenvalue weighted by atomic mass is 10.2. The van der Waals surface area contributed by atoms with Gasteiger partial charge in [-0.2, -0.15) is 0 Å². The van der Waals surface area contributed by atoms with E-state index in [2.05, 4.69) is 51.9 Å². The molecular formula is C15H24N4S. The molecule has 2 rings (SSSR count). The van der Waals surface area contributed by atoms with Crippen molar-refractivity contribution in [2.75, 3.05) is 18.9 Å². The zero-order chi connectivity index (χ0) is 14.9. The quantitative estimate of drug-likeness (QED) is 0.914.